The highest BCUT2D eigenvalue weighted by molar-refractivity contribution is 7.70. The number of phenols is 1. The summed E-state index contributed by atoms with van der Waals surface area (Å²) >= 11 is 0. The summed E-state index contributed by atoms with van der Waals surface area (Å²) in [6, 6.07) is 8.22. The second-order valence-corrected chi connectivity index (χ2v) is 12.2. The average molecular weight is 478 g/mol. The van der Waals surface area contributed by atoms with E-state index >= 15 is 0 Å². The Kier molecular flexibility index (Phi) is 6.14. The van der Waals surface area contributed by atoms with Gasteiger partial charge in [0, 0.05) is 34.2 Å². The Morgan fingerprint density at radius 3 is 2.52 bits per heavy atom. The number of anilines is 1. The Balaban J connectivity index is 1.85. The number of hydrogen-bond acceptors (Lipinski definition) is 6. The van der Waals surface area contributed by atoms with E-state index in [1.165, 1.54) is 6.07 Å². The highest BCUT2D eigenvalue weighted by Gasteiger charge is 2.31. The molecule has 6 nitrogen and oxygen atoms in total. The first-order valence-electron chi connectivity index (χ1n) is 10.6. The number of rotatable bonds is 4. The predicted molar refractivity (Wildman–Crippen MR) is 125 cm³/mol. The molecule has 0 bridgehead atoms. The van der Waals surface area contributed by atoms with E-state index in [0.29, 0.717) is 28.0 Å². The van der Waals surface area contributed by atoms with Gasteiger partial charge in [0.1, 0.15) is 18.6 Å². The number of halogens is 3. The Bertz CT molecular complexity index is 1240. The fraction of sp³-hybridized carbons (Fsp3) is 0.391. The summed E-state index contributed by atoms with van der Waals surface area (Å²) in [4.78, 5) is 2.23. The number of fused-ring (bicyclic) bond motifs is 1. The number of hydrogen-bond donors (Lipinski definition) is 2. The van der Waals surface area contributed by atoms with Gasteiger partial charge >= 0.3 is 6.18 Å². The summed E-state index contributed by atoms with van der Waals surface area (Å²) in [6.07, 6.45) is -2.56. The number of alkyl halides is 3. The number of benzene rings is 2. The maximum Gasteiger partial charge on any atom is 0.416 e. The first-order valence-corrected chi connectivity index (χ1v) is 13.3. The number of piperidine rings is 1. The van der Waals surface area contributed by atoms with E-state index in [0.717, 1.165) is 32.0 Å². The molecule has 1 aromatic heterocycles. The highest BCUT2D eigenvalue weighted by atomic mass is 31.2. The Hall–Kier alpha value is -2.64. The van der Waals surface area contributed by atoms with Gasteiger partial charge in [0.05, 0.1) is 5.56 Å². The fourth-order valence-corrected chi connectivity index (χ4v) is 5.04. The molecule has 2 N–H and O–H groups in total. The second kappa shape index (κ2) is 8.61. The van der Waals surface area contributed by atoms with Gasteiger partial charge in [0.25, 0.3) is 0 Å². The Morgan fingerprint density at radius 2 is 1.88 bits per heavy atom. The van der Waals surface area contributed by atoms with E-state index in [2.05, 4.69) is 27.5 Å². The molecule has 10 heteroatoms. The first kappa shape index (κ1) is 23.5. The zero-order valence-electron chi connectivity index (χ0n) is 18.6. The maximum absolute atomic E-state index is 13.0. The molecule has 33 heavy (non-hydrogen) atoms. The number of aromatic hydroxyl groups is 1. The SMILES string of the molecule is CN1CCC[C@@H](Nc2nnc(-c3ccc(C(F)(F)F)cc3O)c3ccc(P(C)(C)=O)cc23)C1. The van der Waals surface area contributed by atoms with Gasteiger partial charge in [0.2, 0.25) is 0 Å². The molecule has 0 saturated carbocycles. The van der Waals surface area contributed by atoms with Gasteiger partial charge < -0.3 is 19.9 Å². The average Bonchev–Trinajstić information content (AvgIpc) is 2.72. The molecule has 0 radical (unpaired) electrons. The molecule has 2 heterocycles. The quantitative estimate of drug-likeness (QED) is 0.526. The minimum absolute atomic E-state index is 0.147. The Labute approximate surface area is 190 Å². The van der Waals surface area contributed by atoms with Crippen LogP contribution >= 0.6 is 7.14 Å². The van der Waals surface area contributed by atoms with Crippen molar-refractivity contribution in [2.45, 2.75) is 25.1 Å². The van der Waals surface area contributed by atoms with Gasteiger partial charge in [0.15, 0.2) is 5.82 Å². The number of nitrogens with one attached hydrogen (secondary N) is 1. The van der Waals surface area contributed by atoms with Crippen LogP contribution in [0, 0.1) is 0 Å². The molecular formula is C23H26F3N4O2P. The summed E-state index contributed by atoms with van der Waals surface area (Å²) in [6.45, 7) is 5.21. The van der Waals surface area contributed by atoms with E-state index in [9.17, 15) is 22.8 Å². The molecule has 2 aromatic carbocycles. The molecule has 0 aliphatic carbocycles. The van der Waals surface area contributed by atoms with Crippen molar-refractivity contribution in [1.82, 2.24) is 15.1 Å². The summed E-state index contributed by atoms with van der Waals surface area (Å²) in [5.74, 6) is -0.00785. The van der Waals surface area contributed by atoms with Gasteiger partial charge in [-0.2, -0.15) is 13.2 Å². The minimum atomic E-state index is -4.57. The molecule has 1 aliphatic heterocycles. The Morgan fingerprint density at radius 1 is 1.12 bits per heavy atom. The van der Waals surface area contributed by atoms with E-state index in [-0.39, 0.29) is 17.3 Å². The zero-order chi connectivity index (χ0) is 24.0. The minimum Gasteiger partial charge on any atom is -0.507 e. The van der Waals surface area contributed by atoms with Crippen molar-refractivity contribution in [3.63, 3.8) is 0 Å². The summed E-state index contributed by atoms with van der Waals surface area (Å²) < 4.78 is 51.8. The monoisotopic (exact) mass is 478 g/mol. The lowest BCUT2D eigenvalue weighted by atomic mass is 10.0. The van der Waals surface area contributed by atoms with Crippen molar-refractivity contribution in [3.05, 3.63) is 42.0 Å². The molecule has 3 aromatic rings. The lowest BCUT2D eigenvalue weighted by Gasteiger charge is -2.30. The van der Waals surface area contributed by atoms with Crippen molar-refractivity contribution in [1.29, 1.82) is 0 Å². The molecule has 0 unspecified atom stereocenters. The van der Waals surface area contributed by atoms with Crippen LogP contribution in [0.3, 0.4) is 0 Å². The van der Waals surface area contributed by atoms with Gasteiger partial charge in [-0.25, -0.2) is 0 Å². The van der Waals surface area contributed by atoms with Crippen LogP contribution in [0.4, 0.5) is 19.0 Å². The highest BCUT2D eigenvalue weighted by Crippen LogP contribution is 2.41. The summed E-state index contributed by atoms with van der Waals surface area (Å²) in [5.41, 5.74) is -0.537. The van der Waals surface area contributed by atoms with Crippen LogP contribution in [-0.4, -0.2) is 59.7 Å². The summed E-state index contributed by atoms with van der Waals surface area (Å²) in [5, 5.41) is 24.3. The standard InChI is InChI=1S/C23H26F3N4O2P/c1-30-10-4-5-15(13-30)27-22-19-12-16(33(2,3)32)7-9-17(19)21(28-29-22)18-8-6-14(11-20(18)31)23(24,25)26/h6-9,11-12,15,31H,4-5,10,13H2,1-3H3,(H,27,29)/t15-/m1/s1. The van der Waals surface area contributed by atoms with Crippen molar-refractivity contribution in [2.24, 2.45) is 0 Å². The predicted octanol–water partition coefficient (Wildman–Crippen LogP) is 4.78. The van der Waals surface area contributed by atoms with E-state index in [4.69, 9.17) is 0 Å². The zero-order valence-corrected chi connectivity index (χ0v) is 19.5. The van der Waals surface area contributed by atoms with Crippen molar-refractivity contribution < 1.29 is 22.8 Å². The molecule has 176 valence electrons. The topological polar surface area (TPSA) is 78.3 Å². The van der Waals surface area contributed by atoms with Crippen LogP contribution in [-0.2, 0) is 10.7 Å². The van der Waals surface area contributed by atoms with Crippen LogP contribution in [0.25, 0.3) is 22.0 Å². The lowest BCUT2D eigenvalue weighted by Crippen LogP contribution is -2.40. The van der Waals surface area contributed by atoms with Crippen molar-refractivity contribution in [2.75, 3.05) is 38.8 Å². The molecular weight excluding hydrogens is 452 g/mol. The largest absolute Gasteiger partial charge is 0.507 e. The molecule has 1 saturated heterocycles. The third kappa shape index (κ3) is 4.99. The van der Waals surface area contributed by atoms with Crippen LogP contribution in [0.2, 0.25) is 0 Å². The number of aromatic nitrogens is 2. The van der Waals surface area contributed by atoms with Crippen molar-refractivity contribution in [3.8, 4) is 17.0 Å². The van der Waals surface area contributed by atoms with Crippen LogP contribution in [0.5, 0.6) is 5.75 Å². The number of likely N-dealkylation sites (N-methyl/N-ethyl adjacent to an activating group) is 1. The summed E-state index contributed by atoms with van der Waals surface area (Å²) in [7, 11) is -0.523. The smallest absolute Gasteiger partial charge is 0.416 e. The number of nitrogens with zero attached hydrogens (tertiary/aromatic N) is 3. The first-order chi connectivity index (χ1) is 15.4. The third-order valence-electron chi connectivity index (χ3n) is 5.93. The molecule has 0 spiro atoms. The van der Waals surface area contributed by atoms with Gasteiger partial charge in [-0.1, -0.05) is 12.1 Å². The van der Waals surface area contributed by atoms with Gasteiger partial charge in [-0.3, -0.25) is 0 Å². The lowest BCUT2D eigenvalue weighted by molar-refractivity contribution is -0.137. The van der Waals surface area contributed by atoms with E-state index in [1.807, 2.05) is 0 Å². The van der Waals surface area contributed by atoms with Crippen molar-refractivity contribution >= 4 is 29.0 Å². The van der Waals surface area contributed by atoms with Crippen LogP contribution < -0.4 is 10.6 Å². The van der Waals surface area contributed by atoms with E-state index < -0.39 is 24.6 Å². The molecule has 4 rings (SSSR count). The molecule has 1 aliphatic rings. The van der Waals surface area contributed by atoms with Gasteiger partial charge in [-0.05, 0) is 64.0 Å². The van der Waals surface area contributed by atoms with E-state index in [1.54, 1.807) is 31.5 Å². The third-order valence-corrected chi connectivity index (χ3v) is 7.45. The van der Waals surface area contributed by atoms with Crippen LogP contribution in [0.15, 0.2) is 36.4 Å². The molecule has 0 amide bonds. The fourth-order valence-electron chi connectivity index (χ4n) is 4.17. The molecule has 1 fully saturated rings. The maximum atomic E-state index is 13.0. The van der Waals surface area contributed by atoms with Gasteiger partial charge in [-0.15, -0.1) is 10.2 Å². The number of likely N-dealkylation sites (tertiary alicyclic amines) is 1. The van der Waals surface area contributed by atoms with Crippen LogP contribution in [0.1, 0.15) is 18.4 Å². The molecule has 1 atom stereocenters. The second-order valence-electron chi connectivity index (χ2n) is 8.95. The number of phenolic OH excluding ortho intramolecular Hbond substituents is 1. The normalized spacial score (nSPS) is 17.9.